The van der Waals surface area contributed by atoms with Crippen molar-refractivity contribution < 1.29 is 8.42 Å². The topological polar surface area (TPSA) is 75.2 Å². The SMILES string of the molecule is CN(C)S(=O)(=O)c1ccc(CNc2ncccn2)s1. The molecule has 2 aromatic heterocycles. The standard InChI is InChI=1S/C11H14N4O2S2/c1-15(2)19(16,17)10-5-4-9(18-10)8-14-11-12-6-3-7-13-11/h3-7H,8H2,1-2H3,(H,12,13,14). The van der Waals surface area contributed by atoms with Crippen molar-refractivity contribution in [2.24, 2.45) is 0 Å². The van der Waals surface area contributed by atoms with E-state index < -0.39 is 10.0 Å². The molecule has 0 unspecified atom stereocenters. The molecule has 19 heavy (non-hydrogen) atoms. The Morgan fingerprint density at radius 2 is 1.95 bits per heavy atom. The van der Waals surface area contributed by atoms with Gasteiger partial charge in [-0.1, -0.05) is 0 Å². The highest BCUT2D eigenvalue weighted by Gasteiger charge is 2.19. The first-order valence-corrected chi connectivity index (χ1v) is 7.78. The lowest BCUT2D eigenvalue weighted by molar-refractivity contribution is 0.523. The molecule has 2 heterocycles. The second kappa shape index (κ2) is 5.64. The fourth-order valence-corrected chi connectivity index (χ4v) is 3.79. The zero-order valence-electron chi connectivity index (χ0n) is 10.6. The molecule has 0 saturated carbocycles. The molecule has 102 valence electrons. The van der Waals surface area contributed by atoms with Gasteiger partial charge in [0.15, 0.2) is 0 Å². The van der Waals surface area contributed by atoms with Gasteiger partial charge in [0, 0.05) is 31.4 Å². The normalized spacial score (nSPS) is 11.7. The van der Waals surface area contributed by atoms with Gasteiger partial charge in [0.1, 0.15) is 4.21 Å². The second-order valence-electron chi connectivity index (χ2n) is 3.93. The summed E-state index contributed by atoms with van der Waals surface area (Å²) in [5.74, 6) is 0.521. The van der Waals surface area contributed by atoms with E-state index in [-0.39, 0.29) is 0 Å². The number of thiophene rings is 1. The van der Waals surface area contributed by atoms with Gasteiger partial charge in [-0.2, -0.15) is 0 Å². The monoisotopic (exact) mass is 298 g/mol. The van der Waals surface area contributed by atoms with Crippen LogP contribution in [0.2, 0.25) is 0 Å². The Labute approximate surface area is 116 Å². The lowest BCUT2D eigenvalue weighted by atomic mass is 10.5. The van der Waals surface area contributed by atoms with Crippen LogP contribution in [-0.2, 0) is 16.6 Å². The minimum Gasteiger partial charge on any atom is -0.349 e. The number of hydrogen-bond donors (Lipinski definition) is 1. The molecule has 6 nitrogen and oxygen atoms in total. The van der Waals surface area contributed by atoms with Crippen LogP contribution in [0.3, 0.4) is 0 Å². The maximum atomic E-state index is 11.9. The van der Waals surface area contributed by atoms with Gasteiger partial charge in [-0.05, 0) is 18.2 Å². The molecule has 0 spiro atoms. The summed E-state index contributed by atoms with van der Waals surface area (Å²) in [4.78, 5) is 8.98. The van der Waals surface area contributed by atoms with Crippen LogP contribution in [0.1, 0.15) is 4.88 Å². The van der Waals surface area contributed by atoms with E-state index in [0.29, 0.717) is 16.7 Å². The summed E-state index contributed by atoms with van der Waals surface area (Å²) in [7, 11) is -0.309. The fraction of sp³-hybridized carbons (Fsp3) is 0.273. The molecule has 0 aliphatic rings. The summed E-state index contributed by atoms with van der Waals surface area (Å²) in [6, 6.07) is 5.14. The summed E-state index contributed by atoms with van der Waals surface area (Å²) in [6.45, 7) is 0.498. The van der Waals surface area contributed by atoms with Crippen molar-refractivity contribution in [3.8, 4) is 0 Å². The number of hydrogen-bond acceptors (Lipinski definition) is 6. The van der Waals surface area contributed by atoms with Crippen LogP contribution in [0.15, 0.2) is 34.8 Å². The van der Waals surface area contributed by atoms with Crippen LogP contribution in [0, 0.1) is 0 Å². The first-order chi connectivity index (χ1) is 9.00. The van der Waals surface area contributed by atoms with Gasteiger partial charge >= 0.3 is 0 Å². The van der Waals surface area contributed by atoms with Gasteiger partial charge in [0.05, 0.1) is 6.54 Å². The van der Waals surface area contributed by atoms with Gasteiger partial charge in [-0.25, -0.2) is 22.7 Å². The van der Waals surface area contributed by atoms with Crippen molar-refractivity contribution >= 4 is 27.3 Å². The molecular formula is C11H14N4O2S2. The van der Waals surface area contributed by atoms with Crippen molar-refractivity contribution in [2.45, 2.75) is 10.8 Å². The van der Waals surface area contributed by atoms with Gasteiger partial charge in [0.25, 0.3) is 10.0 Å². The van der Waals surface area contributed by atoms with E-state index in [0.717, 1.165) is 4.88 Å². The molecule has 2 aromatic rings. The number of anilines is 1. The molecule has 0 bridgehead atoms. The van der Waals surface area contributed by atoms with Crippen molar-refractivity contribution in [1.82, 2.24) is 14.3 Å². The summed E-state index contributed by atoms with van der Waals surface area (Å²) in [5.41, 5.74) is 0. The summed E-state index contributed by atoms with van der Waals surface area (Å²) in [6.07, 6.45) is 3.29. The second-order valence-corrected chi connectivity index (χ2v) is 7.48. The molecule has 8 heteroatoms. The third-order valence-corrected chi connectivity index (χ3v) is 5.73. The van der Waals surface area contributed by atoms with Crippen molar-refractivity contribution in [3.63, 3.8) is 0 Å². The number of nitrogens with one attached hydrogen (secondary N) is 1. The van der Waals surface area contributed by atoms with Crippen molar-refractivity contribution in [3.05, 3.63) is 35.5 Å². The van der Waals surface area contributed by atoms with Crippen LogP contribution in [-0.4, -0.2) is 36.8 Å². The molecule has 0 fully saturated rings. The van der Waals surface area contributed by atoms with Gasteiger partial charge < -0.3 is 5.32 Å². The van der Waals surface area contributed by atoms with E-state index >= 15 is 0 Å². The smallest absolute Gasteiger partial charge is 0.252 e. The van der Waals surface area contributed by atoms with Crippen molar-refractivity contribution in [1.29, 1.82) is 0 Å². The maximum absolute atomic E-state index is 11.9. The predicted octanol–water partition coefficient (Wildman–Crippen LogP) is 1.40. The minimum atomic E-state index is -3.35. The summed E-state index contributed by atoms with van der Waals surface area (Å²) < 4.78 is 25.4. The maximum Gasteiger partial charge on any atom is 0.252 e. The Bertz CT molecular complexity index is 638. The average Bonchev–Trinajstić information content (AvgIpc) is 2.87. The minimum absolute atomic E-state index is 0.336. The van der Waals surface area contributed by atoms with E-state index in [1.807, 2.05) is 0 Å². The van der Waals surface area contributed by atoms with Gasteiger partial charge in [0.2, 0.25) is 5.95 Å². The first-order valence-electron chi connectivity index (χ1n) is 5.52. The largest absolute Gasteiger partial charge is 0.349 e. The Kier molecular flexibility index (Phi) is 4.13. The van der Waals surface area contributed by atoms with E-state index in [1.165, 1.54) is 29.7 Å². The predicted molar refractivity (Wildman–Crippen MR) is 74.6 cm³/mol. The molecule has 0 radical (unpaired) electrons. The molecule has 0 aliphatic carbocycles. The number of aromatic nitrogens is 2. The molecule has 0 atom stereocenters. The highest BCUT2D eigenvalue weighted by atomic mass is 32.2. The van der Waals surface area contributed by atoms with Crippen LogP contribution in [0.25, 0.3) is 0 Å². The van der Waals surface area contributed by atoms with Crippen LogP contribution < -0.4 is 5.32 Å². The average molecular weight is 298 g/mol. The lowest BCUT2D eigenvalue weighted by Gasteiger charge is -2.08. The quantitative estimate of drug-likeness (QED) is 0.903. The van der Waals surface area contributed by atoms with Crippen molar-refractivity contribution in [2.75, 3.05) is 19.4 Å². The van der Waals surface area contributed by atoms with E-state index in [2.05, 4.69) is 15.3 Å². The van der Waals surface area contributed by atoms with E-state index in [4.69, 9.17) is 0 Å². The molecule has 0 aromatic carbocycles. The summed E-state index contributed by atoms with van der Waals surface area (Å²) >= 11 is 1.24. The Morgan fingerprint density at radius 1 is 1.26 bits per heavy atom. The highest BCUT2D eigenvalue weighted by Crippen LogP contribution is 2.24. The Hall–Kier alpha value is -1.51. The molecule has 0 saturated heterocycles. The van der Waals surface area contributed by atoms with E-state index in [9.17, 15) is 8.42 Å². The fourth-order valence-electron chi connectivity index (χ4n) is 1.33. The third-order valence-electron chi connectivity index (χ3n) is 2.36. The zero-order chi connectivity index (χ0) is 13.9. The molecular weight excluding hydrogens is 284 g/mol. The van der Waals surface area contributed by atoms with Gasteiger partial charge in [-0.15, -0.1) is 11.3 Å². The van der Waals surface area contributed by atoms with Crippen LogP contribution >= 0.6 is 11.3 Å². The summed E-state index contributed by atoms with van der Waals surface area (Å²) in [5, 5.41) is 3.03. The number of sulfonamides is 1. The molecule has 2 rings (SSSR count). The van der Waals surface area contributed by atoms with Gasteiger partial charge in [-0.3, -0.25) is 0 Å². The van der Waals surface area contributed by atoms with Crippen LogP contribution in [0.4, 0.5) is 5.95 Å². The molecule has 0 amide bonds. The first kappa shape index (κ1) is 13.9. The number of rotatable bonds is 5. The zero-order valence-corrected chi connectivity index (χ0v) is 12.2. The number of nitrogens with zero attached hydrogens (tertiary/aromatic N) is 3. The molecule has 0 aliphatic heterocycles. The highest BCUT2D eigenvalue weighted by molar-refractivity contribution is 7.91. The Morgan fingerprint density at radius 3 is 2.58 bits per heavy atom. The molecule has 1 N–H and O–H groups in total. The van der Waals surface area contributed by atoms with E-state index in [1.54, 1.807) is 30.6 Å². The van der Waals surface area contributed by atoms with Crippen LogP contribution in [0.5, 0.6) is 0 Å². The third kappa shape index (κ3) is 3.28. The Balaban J connectivity index is 2.06. The lowest BCUT2D eigenvalue weighted by Crippen LogP contribution is -2.21.